The Morgan fingerprint density at radius 3 is 2.58 bits per heavy atom. The van der Waals surface area contributed by atoms with Crippen molar-refractivity contribution >= 4 is 28.1 Å². The molecule has 2 aromatic carbocycles. The third-order valence-corrected chi connectivity index (χ3v) is 9.59. The average molecular weight is 502 g/mol. The van der Waals surface area contributed by atoms with E-state index in [9.17, 15) is 9.18 Å². The summed E-state index contributed by atoms with van der Waals surface area (Å²) < 4.78 is 14.3. The molecule has 36 heavy (non-hydrogen) atoms. The van der Waals surface area contributed by atoms with Crippen LogP contribution in [-0.4, -0.2) is 41.3 Å². The molecule has 6 rings (SSSR count). The van der Waals surface area contributed by atoms with Gasteiger partial charge in [0.1, 0.15) is 5.82 Å². The number of rotatable bonds is 4. The number of hydrogen-bond acceptors (Lipinski definition) is 3. The molecule has 2 aromatic heterocycles. The maximum absolute atomic E-state index is 14.3. The molecular weight excluding hydrogens is 469 g/mol. The van der Waals surface area contributed by atoms with E-state index in [1.807, 2.05) is 17.5 Å². The normalized spacial score (nSPS) is 23.9. The van der Waals surface area contributed by atoms with E-state index in [4.69, 9.17) is 0 Å². The third-order valence-electron chi connectivity index (χ3n) is 8.71. The fourth-order valence-corrected chi connectivity index (χ4v) is 7.52. The number of carbonyl (C=O) groups is 1. The molecule has 6 heteroatoms. The highest BCUT2D eigenvalue weighted by Gasteiger charge is 2.52. The van der Waals surface area contributed by atoms with E-state index in [-0.39, 0.29) is 22.8 Å². The van der Waals surface area contributed by atoms with Crippen molar-refractivity contribution in [1.29, 1.82) is 0 Å². The summed E-state index contributed by atoms with van der Waals surface area (Å²) in [7, 11) is 4.19. The maximum atomic E-state index is 14.3. The van der Waals surface area contributed by atoms with Crippen molar-refractivity contribution in [3.05, 3.63) is 93.6 Å². The molecule has 186 valence electrons. The molecule has 1 aliphatic carbocycles. The van der Waals surface area contributed by atoms with Crippen molar-refractivity contribution < 1.29 is 9.18 Å². The average Bonchev–Trinajstić information content (AvgIpc) is 3.53. The monoisotopic (exact) mass is 501 g/mol. The minimum atomic E-state index is -0.381. The molecule has 2 aliphatic rings. The second-order valence-electron chi connectivity index (χ2n) is 10.5. The van der Waals surface area contributed by atoms with E-state index < -0.39 is 0 Å². The van der Waals surface area contributed by atoms with Crippen LogP contribution in [0.3, 0.4) is 0 Å². The Labute approximate surface area is 215 Å². The van der Waals surface area contributed by atoms with Crippen molar-refractivity contribution in [3.63, 3.8) is 0 Å². The number of benzene rings is 2. The summed E-state index contributed by atoms with van der Waals surface area (Å²) in [5, 5.41) is 3.31. The van der Waals surface area contributed by atoms with Gasteiger partial charge in [0, 0.05) is 33.6 Å². The highest BCUT2D eigenvalue weighted by molar-refractivity contribution is 7.10. The molecule has 1 N–H and O–H groups in total. The fraction of sp³-hybridized carbons (Fsp3) is 0.367. The minimum Gasteiger partial charge on any atom is -0.356 e. The lowest BCUT2D eigenvalue weighted by Gasteiger charge is -2.55. The van der Waals surface area contributed by atoms with Gasteiger partial charge in [-0.1, -0.05) is 36.4 Å². The summed E-state index contributed by atoms with van der Waals surface area (Å²) in [6.45, 7) is 0.730. The molecule has 4 aromatic rings. The molecule has 1 aliphatic heterocycles. The number of H-pyrrole nitrogens is 1. The highest BCUT2D eigenvalue weighted by Crippen LogP contribution is 2.53. The molecule has 1 spiro atoms. The SMILES string of the molecule is CN(C)C1(c2cccc(F)c2)CCC2(CC1)c1[nH]c3ccccc3c1CCN2C(=O)Cc1cccs1. The smallest absolute Gasteiger partial charge is 0.228 e. The molecule has 3 heterocycles. The number of nitrogens with one attached hydrogen (secondary N) is 1. The number of aromatic nitrogens is 1. The molecule has 0 saturated heterocycles. The van der Waals surface area contributed by atoms with Gasteiger partial charge in [-0.15, -0.1) is 11.3 Å². The van der Waals surface area contributed by atoms with Gasteiger partial charge in [0.2, 0.25) is 5.91 Å². The van der Waals surface area contributed by atoms with Gasteiger partial charge in [0.15, 0.2) is 0 Å². The van der Waals surface area contributed by atoms with Crippen LogP contribution in [0, 0.1) is 5.82 Å². The lowest BCUT2D eigenvalue weighted by atomic mass is 9.65. The van der Waals surface area contributed by atoms with Crippen LogP contribution < -0.4 is 0 Å². The van der Waals surface area contributed by atoms with Crippen LogP contribution in [-0.2, 0) is 28.7 Å². The number of fused-ring (bicyclic) bond motifs is 4. The molecule has 1 saturated carbocycles. The predicted molar refractivity (Wildman–Crippen MR) is 144 cm³/mol. The molecule has 0 radical (unpaired) electrons. The van der Waals surface area contributed by atoms with Crippen molar-refractivity contribution in [2.75, 3.05) is 20.6 Å². The third kappa shape index (κ3) is 3.61. The van der Waals surface area contributed by atoms with Crippen molar-refractivity contribution in [2.24, 2.45) is 0 Å². The molecule has 4 nitrogen and oxygen atoms in total. The van der Waals surface area contributed by atoms with Gasteiger partial charge < -0.3 is 9.88 Å². The van der Waals surface area contributed by atoms with Crippen LogP contribution in [0.5, 0.6) is 0 Å². The van der Waals surface area contributed by atoms with Crippen molar-refractivity contribution in [2.45, 2.75) is 49.6 Å². The van der Waals surface area contributed by atoms with E-state index in [2.05, 4.69) is 65.3 Å². The van der Waals surface area contributed by atoms with Gasteiger partial charge in [-0.3, -0.25) is 9.69 Å². The summed E-state index contributed by atoms with van der Waals surface area (Å²) in [5.74, 6) is 0.00204. The maximum Gasteiger partial charge on any atom is 0.228 e. The van der Waals surface area contributed by atoms with Gasteiger partial charge in [-0.05, 0) is 87.0 Å². The van der Waals surface area contributed by atoms with Gasteiger partial charge in [0.25, 0.3) is 0 Å². The Balaban J connectivity index is 1.43. The molecular formula is C30H32FN3OS. The number of halogens is 1. The Morgan fingerprint density at radius 1 is 1.06 bits per heavy atom. The number of para-hydroxylation sites is 1. The highest BCUT2D eigenvalue weighted by atomic mass is 32.1. The minimum absolute atomic E-state index is 0.197. The van der Waals surface area contributed by atoms with Crippen molar-refractivity contribution in [1.82, 2.24) is 14.8 Å². The number of thiophene rings is 1. The first-order valence-corrected chi connectivity index (χ1v) is 13.7. The van der Waals surface area contributed by atoms with Crippen LogP contribution >= 0.6 is 11.3 Å². The summed E-state index contributed by atoms with van der Waals surface area (Å²) in [6, 6.07) is 19.6. The summed E-state index contributed by atoms with van der Waals surface area (Å²) in [6.07, 6.45) is 4.66. The number of aromatic amines is 1. The van der Waals surface area contributed by atoms with E-state index in [0.29, 0.717) is 6.42 Å². The summed E-state index contributed by atoms with van der Waals surface area (Å²) >= 11 is 1.64. The Bertz CT molecular complexity index is 1400. The van der Waals surface area contributed by atoms with Gasteiger partial charge >= 0.3 is 0 Å². The standard InChI is InChI=1S/C30H32FN3OS/c1-33(2)29(21-7-5-8-22(31)19-21)13-15-30(16-14-29)28-25(24-10-3-4-11-26(24)32-28)12-17-34(30)27(35)20-23-9-6-18-36-23/h3-11,18-19,32H,12-17,20H2,1-2H3. The molecule has 0 bridgehead atoms. The van der Waals surface area contributed by atoms with Crippen LogP contribution in [0.15, 0.2) is 66.0 Å². The Kier molecular flexibility index (Phi) is 5.77. The molecule has 0 unspecified atom stereocenters. The number of carbonyl (C=O) groups excluding carboxylic acids is 1. The largest absolute Gasteiger partial charge is 0.356 e. The second-order valence-corrected chi connectivity index (χ2v) is 11.6. The zero-order chi connectivity index (χ0) is 24.9. The lowest BCUT2D eigenvalue weighted by Crippen LogP contribution is -2.58. The molecule has 1 fully saturated rings. The number of nitrogens with zero attached hydrogens (tertiary/aromatic N) is 2. The Hall–Kier alpha value is -2.96. The van der Waals surface area contributed by atoms with Crippen molar-refractivity contribution in [3.8, 4) is 0 Å². The van der Waals surface area contributed by atoms with Gasteiger partial charge in [0.05, 0.1) is 12.0 Å². The topological polar surface area (TPSA) is 39.3 Å². The fourth-order valence-electron chi connectivity index (χ4n) is 6.82. The predicted octanol–water partition coefficient (Wildman–Crippen LogP) is 6.22. The van der Waals surface area contributed by atoms with E-state index >= 15 is 0 Å². The first-order valence-electron chi connectivity index (χ1n) is 12.8. The van der Waals surface area contributed by atoms with E-state index in [1.54, 1.807) is 17.4 Å². The first-order chi connectivity index (χ1) is 17.4. The zero-order valence-electron chi connectivity index (χ0n) is 20.9. The van der Waals surface area contributed by atoms with E-state index in [0.717, 1.165) is 54.6 Å². The summed E-state index contributed by atoms with van der Waals surface area (Å²) in [4.78, 5) is 23.1. The molecule has 0 atom stereocenters. The molecule has 1 amide bonds. The Morgan fingerprint density at radius 2 is 1.86 bits per heavy atom. The number of amides is 1. The van der Waals surface area contributed by atoms with E-state index in [1.165, 1.54) is 22.7 Å². The quantitative estimate of drug-likeness (QED) is 0.360. The second kappa shape index (κ2) is 8.86. The number of hydrogen-bond donors (Lipinski definition) is 1. The lowest BCUT2D eigenvalue weighted by molar-refractivity contribution is -0.142. The van der Waals surface area contributed by atoms with Crippen LogP contribution in [0.1, 0.15) is 47.4 Å². The zero-order valence-corrected chi connectivity index (χ0v) is 21.7. The van der Waals surface area contributed by atoms with Crippen LogP contribution in [0.25, 0.3) is 10.9 Å². The summed E-state index contributed by atoms with van der Waals surface area (Å²) in [5.41, 5.74) is 4.08. The van der Waals surface area contributed by atoms with Gasteiger partial charge in [-0.25, -0.2) is 4.39 Å². The first kappa shape index (κ1) is 23.4. The van der Waals surface area contributed by atoms with Crippen LogP contribution in [0.2, 0.25) is 0 Å². The van der Waals surface area contributed by atoms with Gasteiger partial charge in [-0.2, -0.15) is 0 Å². The van der Waals surface area contributed by atoms with Crippen LogP contribution in [0.4, 0.5) is 4.39 Å².